The molecule has 1 amide bonds. The highest BCUT2D eigenvalue weighted by atomic mass is 16.2. The monoisotopic (exact) mass is 376 g/mol. The number of carbonyl (C=O) groups excluding carboxylic acids is 1. The van der Waals surface area contributed by atoms with E-state index in [1.807, 2.05) is 47.1 Å². The fourth-order valence-electron chi connectivity index (χ4n) is 3.14. The minimum atomic E-state index is -0.0679. The van der Waals surface area contributed by atoms with Crippen LogP contribution in [0.1, 0.15) is 30.9 Å². The van der Waals surface area contributed by atoms with E-state index in [-0.39, 0.29) is 5.91 Å². The zero-order valence-electron chi connectivity index (χ0n) is 16.8. The van der Waals surface area contributed by atoms with Crippen molar-refractivity contribution in [2.24, 2.45) is 0 Å². The van der Waals surface area contributed by atoms with Crippen molar-refractivity contribution in [2.75, 3.05) is 18.4 Å². The highest BCUT2D eigenvalue weighted by Gasteiger charge is 2.15. The summed E-state index contributed by atoms with van der Waals surface area (Å²) in [7, 11) is 0. The Kier molecular flexibility index (Phi) is 6.61. The van der Waals surface area contributed by atoms with Gasteiger partial charge in [-0.2, -0.15) is 5.10 Å². The zero-order chi connectivity index (χ0) is 19.9. The van der Waals surface area contributed by atoms with E-state index in [1.165, 1.54) is 5.56 Å². The van der Waals surface area contributed by atoms with Gasteiger partial charge in [-0.25, -0.2) is 4.68 Å². The molecular weight excluding hydrogens is 348 g/mol. The van der Waals surface area contributed by atoms with Crippen LogP contribution < -0.4 is 10.6 Å². The quantitative estimate of drug-likeness (QED) is 0.570. The normalized spacial score (nSPS) is 10.8. The number of rotatable bonds is 8. The minimum Gasteiger partial charge on any atom is -0.309 e. The van der Waals surface area contributed by atoms with Crippen LogP contribution >= 0.6 is 0 Å². The summed E-state index contributed by atoms with van der Waals surface area (Å²) in [6, 6.07) is 18.2. The molecule has 0 radical (unpaired) electrons. The molecule has 28 heavy (non-hydrogen) atoms. The summed E-state index contributed by atoms with van der Waals surface area (Å²) in [5.74, 6) is 0.606. The Labute approximate surface area is 166 Å². The molecule has 3 rings (SSSR count). The van der Waals surface area contributed by atoms with E-state index in [2.05, 4.69) is 43.5 Å². The third-order valence-electron chi connectivity index (χ3n) is 4.62. The Morgan fingerprint density at radius 3 is 2.57 bits per heavy atom. The number of nitrogens with zero attached hydrogens (tertiary/aromatic N) is 2. The summed E-state index contributed by atoms with van der Waals surface area (Å²) < 4.78 is 1.82. The Bertz CT molecular complexity index is 931. The average Bonchev–Trinajstić information content (AvgIpc) is 3.09. The molecule has 5 nitrogen and oxygen atoms in total. The topological polar surface area (TPSA) is 59.0 Å². The van der Waals surface area contributed by atoms with Crippen LogP contribution in [-0.2, 0) is 4.79 Å². The number of amides is 1. The maximum Gasteiger partial charge on any atom is 0.239 e. The van der Waals surface area contributed by atoms with Crippen LogP contribution in [0.4, 0.5) is 5.82 Å². The molecule has 0 aliphatic rings. The molecule has 0 fully saturated rings. The Morgan fingerprint density at radius 2 is 1.86 bits per heavy atom. The molecule has 1 heterocycles. The summed E-state index contributed by atoms with van der Waals surface area (Å²) >= 11 is 0. The van der Waals surface area contributed by atoms with Crippen LogP contribution in [-0.4, -0.2) is 28.8 Å². The minimum absolute atomic E-state index is 0.0679. The highest BCUT2D eigenvalue weighted by molar-refractivity contribution is 5.92. The number of hydrogen-bond acceptors (Lipinski definition) is 3. The van der Waals surface area contributed by atoms with Crippen molar-refractivity contribution >= 4 is 11.7 Å². The molecule has 5 heteroatoms. The second-order valence-corrected chi connectivity index (χ2v) is 7.06. The first-order valence-electron chi connectivity index (χ1n) is 9.82. The van der Waals surface area contributed by atoms with E-state index < -0.39 is 0 Å². The number of unbranched alkanes of at least 4 members (excludes halogenated alkanes) is 1. The Hall–Kier alpha value is -2.92. The van der Waals surface area contributed by atoms with E-state index >= 15 is 0 Å². The van der Waals surface area contributed by atoms with Crippen molar-refractivity contribution in [3.05, 3.63) is 65.7 Å². The smallest absolute Gasteiger partial charge is 0.239 e. The summed E-state index contributed by atoms with van der Waals surface area (Å²) in [6.07, 6.45) is 2.17. The fourth-order valence-corrected chi connectivity index (χ4v) is 3.14. The second-order valence-electron chi connectivity index (χ2n) is 7.06. The van der Waals surface area contributed by atoms with E-state index in [0.29, 0.717) is 12.4 Å². The average molecular weight is 377 g/mol. The number of hydrogen-bond donors (Lipinski definition) is 2. The predicted molar refractivity (Wildman–Crippen MR) is 115 cm³/mol. The lowest BCUT2D eigenvalue weighted by Crippen LogP contribution is -2.29. The van der Waals surface area contributed by atoms with Gasteiger partial charge in [-0.3, -0.25) is 4.79 Å². The van der Waals surface area contributed by atoms with Crippen molar-refractivity contribution in [3.63, 3.8) is 0 Å². The number of aryl methyl sites for hydroxylation is 2. The van der Waals surface area contributed by atoms with Crippen molar-refractivity contribution < 1.29 is 4.79 Å². The third kappa shape index (κ3) is 4.87. The van der Waals surface area contributed by atoms with E-state index in [0.717, 1.165) is 41.9 Å². The van der Waals surface area contributed by atoms with Crippen molar-refractivity contribution in [1.82, 2.24) is 15.1 Å². The van der Waals surface area contributed by atoms with Crippen LogP contribution in [0.25, 0.3) is 16.9 Å². The van der Waals surface area contributed by atoms with Gasteiger partial charge in [0.2, 0.25) is 5.91 Å². The van der Waals surface area contributed by atoms with E-state index in [9.17, 15) is 4.79 Å². The zero-order valence-corrected chi connectivity index (χ0v) is 16.8. The number of aromatic nitrogens is 2. The molecule has 0 saturated carbocycles. The molecule has 0 spiro atoms. The highest BCUT2D eigenvalue weighted by Crippen LogP contribution is 2.26. The lowest BCUT2D eigenvalue weighted by molar-refractivity contribution is -0.115. The summed E-state index contributed by atoms with van der Waals surface area (Å²) in [6.45, 7) is 7.40. The van der Waals surface area contributed by atoms with Gasteiger partial charge in [0.05, 0.1) is 17.9 Å². The number of benzene rings is 2. The first-order chi connectivity index (χ1) is 13.6. The van der Waals surface area contributed by atoms with Crippen molar-refractivity contribution in [3.8, 4) is 16.9 Å². The summed E-state index contributed by atoms with van der Waals surface area (Å²) in [5.41, 5.74) is 5.11. The van der Waals surface area contributed by atoms with Gasteiger partial charge in [0.15, 0.2) is 0 Å². The first kappa shape index (κ1) is 19.8. The van der Waals surface area contributed by atoms with Gasteiger partial charge < -0.3 is 10.6 Å². The molecule has 0 aliphatic heterocycles. The lowest BCUT2D eigenvalue weighted by Gasteiger charge is -2.12. The van der Waals surface area contributed by atoms with Crippen molar-refractivity contribution in [2.45, 2.75) is 33.6 Å². The Morgan fingerprint density at radius 1 is 1.07 bits per heavy atom. The molecule has 2 aromatic carbocycles. The SMILES string of the molecule is CCCCNCC(=O)Nc1cc(-c2ccccc2)nn1-c1ccc(C)cc1C. The number of nitrogens with one attached hydrogen (secondary N) is 2. The predicted octanol–water partition coefficient (Wildman–Crippen LogP) is 4.48. The van der Waals surface area contributed by atoms with Gasteiger partial charge in [0, 0.05) is 11.6 Å². The molecule has 0 bridgehead atoms. The van der Waals surface area contributed by atoms with Crippen LogP contribution in [0, 0.1) is 13.8 Å². The summed E-state index contributed by atoms with van der Waals surface area (Å²) in [4.78, 5) is 12.4. The van der Waals surface area contributed by atoms with E-state index in [4.69, 9.17) is 5.10 Å². The van der Waals surface area contributed by atoms with Gasteiger partial charge in [-0.1, -0.05) is 61.4 Å². The largest absolute Gasteiger partial charge is 0.309 e. The van der Waals surface area contributed by atoms with Gasteiger partial charge in [0.25, 0.3) is 0 Å². The molecule has 3 aromatic rings. The van der Waals surface area contributed by atoms with Crippen LogP contribution in [0.5, 0.6) is 0 Å². The molecule has 146 valence electrons. The van der Waals surface area contributed by atoms with Crippen LogP contribution in [0.2, 0.25) is 0 Å². The van der Waals surface area contributed by atoms with Gasteiger partial charge in [-0.05, 0) is 38.4 Å². The second kappa shape index (κ2) is 9.33. The number of carbonyl (C=O) groups is 1. The van der Waals surface area contributed by atoms with E-state index in [1.54, 1.807) is 0 Å². The molecule has 0 atom stereocenters. The van der Waals surface area contributed by atoms with Gasteiger partial charge in [0.1, 0.15) is 5.82 Å². The Balaban J connectivity index is 1.90. The molecule has 2 N–H and O–H groups in total. The van der Waals surface area contributed by atoms with Gasteiger partial charge in [-0.15, -0.1) is 0 Å². The molecule has 0 unspecified atom stereocenters. The number of anilines is 1. The fraction of sp³-hybridized carbons (Fsp3) is 0.304. The van der Waals surface area contributed by atoms with Gasteiger partial charge >= 0.3 is 0 Å². The maximum atomic E-state index is 12.4. The van der Waals surface area contributed by atoms with Crippen molar-refractivity contribution in [1.29, 1.82) is 0 Å². The lowest BCUT2D eigenvalue weighted by atomic mass is 10.1. The molecular formula is C23H28N4O. The maximum absolute atomic E-state index is 12.4. The standard InChI is InChI=1S/C23H28N4O/c1-4-5-13-24-16-23(28)25-22-15-20(19-9-7-6-8-10-19)26-27(22)21-12-11-17(2)14-18(21)3/h6-12,14-15,24H,4-5,13,16H2,1-3H3,(H,25,28). The summed E-state index contributed by atoms with van der Waals surface area (Å²) in [5, 5.41) is 11.0. The van der Waals surface area contributed by atoms with Crippen LogP contribution in [0.3, 0.4) is 0 Å². The first-order valence-corrected chi connectivity index (χ1v) is 9.82. The molecule has 1 aromatic heterocycles. The molecule has 0 aliphatic carbocycles. The molecule has 0 saturated heterocycles. The van der Waals surface area contributed by atoms with Crippen LogP contribution in [0.15, 0.2) is 54.6 Å². The third-order valence-corrected chi connectivity index (χ3v) is 4.62.